The maximum absolute atomic E-state index is 4.91. The van der Waals surface area contributed by atoms with Crippen molar-refractivity contribution in [1.29, 1.82) is 0 Å². The third-order valence-electron chi connectivity index (χ3n) is 5.34. The lowest BCUT2D eigenvalue weighted by Gasteiger charge is -2.14. The fourth-order valence-electron chi connectivity index (χ4n) is 3.92. The maximum atomic E-state index is 4.91. The number of nitrogens with two attached hydrogens (primary N) is 1. The minimum absolute atomic E-state index is 0.583. The first-order valence-electron chi connectivity index (χ1n) is 13.6. The van der Waals surface area contributed by atoms with E-state index in [9.17, 15) is 0 Å². The molecule has 0 fully saturated rings. The summed E-state index contributed by atoms with van der Waals surface area (Å²) >= 11 is 0. The summed E-state index contributed by atoms with van der Waals surface area (Å²) in [4.78, 5) is 0. The second-order valence-electron chi connectivity index (χ2n) is 8.86. The highest BCUT2D eigenvalue weighted by Crippen LogP contribution is 2.16. The van der Waals surface area contributed by atoms with E-state index in [1.165, 1.54) is 74.5 Å². The van der Waals surface area contributed by atoms with E-state index in [1.54, 1.807) is 12.3 Å². The Labute approximate surface area is 209 Å². The minimum atomic E-state index is 0.583. The molecule has 0 saturated heterocycles. The van der Waals surface area contributed by atoms with Gasteiger partial charge in [-0.05, 0) is 63.1 Å². The van der Waals surface area contributed by atoms with Crippen LogP contribution in [-0.4, -0.2) is 13.1 Å². The van der Waals surface area contributed by atoms with Gasteiger partial charge in [-0.25, -0.2) is 0 Å². The van der Waals surface area contributed by atoms with Crippen molar-refractivity contribution in [3.8, 4) is 0 Å². The molecule has 3 N–H and O–H groups in total. The topological polar surface area (TPSA) is 38.0 Å². The molecule has 0 aliphatic heterocycles. The van der Waals surface area contributed by atoms with Gasteiger partial charge in [0.05, 0.1) is 0 Å². The Hall–Kier alpha value is -1.54. The molecule has 33 heavy (non-hydrogen) atoms. The second kappa shape index (κ2) is 28.5. The molecular weight excluding hydrogens is 400 g/mol. The molecule has 0 bridgehead atoms. The largest absolute Gasteiger partial charge is 0.391 e. The van der Waals surface area contributed by atoms with Gasteiger partial charge in [0.15, 0.2) is 0 Å². The normalized spacial score (nSPS) is 10.5. The van der Waals surface area contributed by atoms with E-state index in [2.05, 4.69) is 78.2 Å². The van der Waals surface area contributed by atoms with E-state index < -0.39 is 0 Å². The van der Waals surface area contributed by atoms with Crippen LogP contribution >= 0.6 is 0 Å². The highest BCUT2D eigenvalue weighted by atomic mass is 14.8. The Kier molecular flexibility index (Phi) is 31.1. The molecule has 2 nitrogen and oxygen atoms in total. The number of hydrogen-bond donors (Lipinski definition) is 2. The summed E-state index contributed by atoms with van der Waals surface area (Å²) in [5.41, 5.74) is 9.22. The van der Waals surface area contributed by atoms with Crippen molar-refractivity contribution in [3.05, 3.63) is 60.3 Å². The van der Waals surface area contributed by atoms with Crippen LogP contribution in [0.5, 0.6) is 0 Å². The molecule has 0 aliphatic rings. The second-order valence-corrected chi connectivity index (χ2v) is 8.86. The van der Waals surface area contributed by atoms with Crippen LogP contribution in [0.2, 0.25) is 0 Å². The SMILES string of the molecule is C=CCN.C=CNCC(CCC)CCC.CC.CCCC(C)CCCc1cc(C)cc(C)c1. The Morgan fingerprint density at radius 1 is 0.879 bits per heavy atom. The van der Waals surface area contributed by atoms with Gasteiger partial charge in [0, 0.05) is 13.1 Å². The summed E-state index contributed by atoms with van der Waals surface area (Å²) in [7, 11) is 0. The van der Waals surface area contributed by atoms with Crippen molar-refractivity contribution in [1.82, 2.24) is 5.32 Å². The van der Waals surface area contributed by atoms with Crippen LogP contribution in [0.25, 0.3) is 0 Å². The molecule has 0 aromatic heterocycles. The van der Waals surface area contributed by atoms with Crippen LogP contribution in [0.1, 0.15) is 110 Å². The number of hydrogen-bond acceptors (Lipinski definition) is 2. The van der Waals surface area contributed by atoms with Gasteiger partial charge in [-0.2, -0.15) is 0 Å². The first-order chi connectivity index (χ1) is 15.9. The van der Waals surface area contributed by atoms with Crippen LogP contribution in [0.15, 0.2) is 43.6 Å². The van der Waals surface area contributed by atoms with Crippen LogP contribution < -0.4 is 11.1 Å². The summed E-state index contributed by atoms with van der Waals surface area (Å²) < 4.78 is 0. The minimum Gasteiger partial charge on any atom is -0.391 e. The van der Waals surface area contributed by atoms with Gasteiger partial charge < -0.3 is 11.1 Å². The van der Waals surface area contributed by atoms with Crippen LogP contribution in [-0.2, 0) is 6.42 Å². The number of aryl methyl sites for hydroxylation is 3. The molecule has 0 spiro atoms. The van der Waals surface area contributed by atoms with Crippen LogP contribution in [0, 0.1) is 25.7 Å². The number of benzene rings is 1. The molecule has 2 heteroatoms. The average molecular weight is 461 g/mol. The third kappa shape index (κ3) is 26.6. The zero-order valence-electron chi connectivity index (χ0n) is 23.8. The van der Waals surface area contributed by atoms with Crippen LogP contribution in [0.3, 0.4) is 0 Å². The highest BCUT2D eigenvalue weighted by molar-refractivity contribution is 5.28. The predicted octanol–water partition coefficient (Wildman–Crippen LogP) is 9.16. The molecule has 194 valence electrons. The van der Waals surface area contributed by atoms with Gasteiger partial charge in [-0.1, -0.05) is 116 Å². The van der Waals surface area contributed by atoms with Crippen molar-refractivity contribution in [2.24, 2.45) is 17.6 Å². The van der Waals surface area contributed by atoms with Gasteiger partial charge in [-0.15, -0.1) is 6.58 Å². The van der Waals surface area contributed by atoms with Crippen molar-refractivity contribution >= 4 is 0 Å². The molecule has 1 rings (SSSR count). The van der Waals surface area contributed by atoms with Crippen molar-refractivity contribution in [2.45, 2.75) is 113 Å². The first kappa shape index (κ1) is 36.0. The van der Waals surface area contributed by atoms with Gasteiger partial charge in [0.25, 0.3) is 0 Å². The van der Waals surface area contributed by atoms with E-state index in [1.807, 2.05) is 13.8 Å². The first-order valence-corrected chi connectivity index (χ1v) is 13.6. The molecule has 0 heterocycles. The summed E-state index contributed by atoms with van der Waals surface area (Å²) in [6.07, 6.45) is 15.4. The lowest BCUT2D eigenvalue weighted by molar-refractivity contribution is 0.430. The van der Waals surface area contributed by atoms with E-state index >= 15 is 0 Å². The summed E-state index contributed by atoms with van der Waals surface area (Å²) in [5, 5.41) is 3.18. The van der Waals surface area contributed by atoms with Gasteiger partial charge >= 0.3 is 0 Å². The Morgan fingerprint density at radius 3 is 1.76 bits per heavy atom. The summed E-state index contributed by atoms with van der Waals surface area (Å²) in [6.45, 7) is 26.2. The molecule has 1 aromatic carbocycles. The van der Waals surface area contributed by atoms with Crippen LogP contribution in [0.4, 0.5) is 0 Å². The van der Waals surface area contributed by atoms with E-state index in [4.69, 9.17) is 5.73 Å². The fraction of sp³-hybridized carbons (Fsp3) is 0.677. The monoisotopic (exact) mass is 460 g/mol. The van der Waals surface area contributed by atoms with Gasteiger partial charge in [-0.3, -0.25) is 0 Å². The Balaban J connectivity index is -0.000000459. The fourth-order valence-corrected chi connectivity index (χ4v) is 3.92. The smallest absolute Gasteiger partial charge is 0.0169 e. The molecule has 0 amide bonds. The molecule has 1 atom stereocenters. The summed E-state index contributed by atoms with van der Waals surface area (Å²) in [5.74, 6) is 1.75. The highest BCUT2D eigenvalue weighted by Gasteiger charge is 2.04. The zero-order valence-corrected chi connectivity index (χ0v) is 23.8. The molecule has 0 radical (unpaired) electrons. The van der Waals surface area contributed by atoms with Crippen molar-refractivity contribution < 1.29 is 0 Å². The van der Waals surface area contributed by atoms with E-state index in [0.717, 1.165) is 18.4 Å². The standard InChI is InChI=1S/C16H26.C10H21N.C3H7N.C2H6/c1-5-7-13(2)8-6-9-16-11-14(3)10-15(4)12-16;1-4-7-10(8-5-2)9-11-6-3;1-2-3-4;1-2/h10-13H,5-9H2,1-4H3;6,10-11H,3-5,7-9H2,1-2H3;2H,1,3-4H2;1-2H3. The zero-order chi connectivity index (χ0) is 25.9. The maximum Gasteiger partial charge on any atom is 0.0169 e. The molecule has 0 saturated carbocycles. The lowest BCUT2D eigenvalue weighted by Crippen LogP contribution is -2.17. The Bertz CT molecular complexity index is 509. The van der Waals surface area contributed by atoms with Gasteiger partial charge in [0.1, 0.15) is 0 Å². The third-order valence-corrected chi connectivity index (χ3v) is 5.34. The van der Waals surface area contributed by atoms with Gasteiger partial charge in [0.2, 0.25) is 0 Å². The Morgan fingerprint density at radius 2 is 1.36 bits per heavy atom. The molecule has 1 unspecified atom stereocenters. The molecule has 0 aliphatic carbocycles. The van der Waals surface area contributed by atoms with Crippen molar-refractivity contribution in [2.75, 3.05) is 13.1 Å². The van der Waals surface area contributed by atoms with Crippen molar-refractivity contribution in [3.63, 3.8) is 0 Å². The summed E-state index contributed by atoms with van der Waals surface area (Å²) in [6, 6.07) is 6.91. The quantitative estimate of drug-likeness (QED) is 0.271. The molecular formula is C31H60N2. The lowest BCUT2D eigenvalue weighted by atomic mass is 9.96. The average Bonchev–Trinajstić information content (AvgIpc) is 2.79. The van der Waals surface area contributed by atoms with E-state index in [0.29, 0.717) is 6.54 Å². The van der Waals surface area contributed by atoms with E-state index in [-0.39, 0.29) is 0 Å². The predicted molar refractivity (Wildman–Crippen MR) is 155 cm³/mol. The molecule has 1 aromatic rings. The number of nitrogens with one attached hydrogen (secondary N) is 1. The number of rotatable bonds is 14.